The molecule has 1 aromatic heterocycles. The fraction of sp³-hybridized carbons (Fsp3) is 0.462. The summed E-state index contributed by atoms with van der Waals surface area (Å²) < 4.78 is 5.06. The molecule has 0 saturated carbocycles. The maximum atomic E-state index is 11.9. The van der Waals surface area contributed by atoms with E-state index in [1.54, 1.807) is 6.92 Å². The SMILES string of the molecule is CCOC(=O)c1sc(O)c2c1CCC1=C2N(C)NC1. The molecule has 2 aliphatic rings. The molecule has 0 amide bonds. The summed E-state index contributed by atoms with van der Waals surface area (Å²) in [6.45, 7) is 2.95. The van der Waals surface area contributed by atoms with E-state index in [9.17, 15) is 9.90 Å². The molecule has 19 heavy (non-hydrogen) atoms. The minimum Gasteiger partial charge on any atom is -0.499 e. The number of aromatic hydroxyl groups is 1. The van der Waals surface area contributed by atoms with Gasteiger partial charge in [-0.1, -0.05) is 11.3 Å². The summed E-state index contributed by atoms with van der Waals surface area (Å²) in [5.74, 6) is -0.332. The van der Waals surface area contributed by atoms with Gasteiger partial charge >= 0.3 is 5.97 Å². The smallest absolute Gasteiger partial charge is 0.348 e. The highest BCUT2D eigenvalue weighted by Crippen LogP contribution is 2.46. The van der Waals surface area contributed by atoms with Crippen molar-refractivity contribution in [3.8, 4) is 5.06 Å². The van der Waals surface area contributed by atoms with Gasteiger partial charge in [0.15, 0.2) is 5.06 Å². The van der Waals surface area contributed by atoms with Gasteiger partial charge in [-0.2, -0.15) is 0 Å². The van der Waals surface area contributed by atoms with E-state index in [-0.39, 0.29) is 11.0 Å². The van der Waals surface area contributed by atoms with Crippen LogP contribution in [0, 0.1) is 0 Å². The fourth-order valence-corrected chi connectivity index (χ4v) is 3.72. The van der Waals surface area contributed by atoms with Crippen molar-refractivity contribution in [3.63, 3.8) is 0 Å². The number of carbonyl (C=O) groups excluding carboxylic acids is 1. The minimum atomic E-state index is -0.332. The molecule has 5 nitrogen and oxygen atoms in total. The Bertz CT molecular complexity index is 577. The van der Waals surface area contributed by atoms with Gasteiger partial charge < -0.3 is 14.9 Å². The Balaban J connectivity index is 2.09. The summed E-state index contributed by atoms with van der Waals surface area (Å²) in [6.07, 6.45) is 1.71. The van der Waals surface area contributed by atoms with Crippen LogP contribution in [0.25, 0.3) is 5.70 Å². The molecule has 3 rings (SSSR count). The van der Waals surface area contributed by atoms with E-state index >= 15 is 0 Å². The molecule has 0 saturated heterocycles. The number of esters is 1. The molecule has 0 bridgehead atoms. The molecule has 0 atom stereocenters. The number of carbonyl (C=O) groups is 1. The maximum absolute atomic E-state index is 11.9. The third-order valence-electron chi connectivity index (χ3n) is 3.56. The largest absolute Gasteiger partial charge is 0.499 e. The van der Waals surface area contributed by atoms with Crippen molar-refractivity contribution in [2.45, 2.75) is 19.8 Å². The predicted molar refractivity (Wildman–Crippen MR) is 72.9 cm³/mol. The zero-order chi connectivity index (χ0) is 13.6. The second-order valence-corrected chi connectivity index (χ2v) is 5.66. The van der Waals surface area contributed by atoms with Gasteiger partial charge in [0.2, 0.25) is 0 Å². The lowest BCUT2D eigenvalue weighted by Gasteiger charge is -2.21. The number of hydrogen-bond acceptors (Lipinski definition) is 6. The normalized spacial score (nSPS) is 17.5. The molecule has 0 spiro atoms. The average Bonchev–Trinajstić information content (AvgIpc) is 2.92. The lowest BCUT2D eigenvalue weighted by molar-refractivity contribution is 0.0531. The van der Waals surface area contributed by atoms with E-state index in [2.05, 4.69) is 5.43 Å². The van der Waals surface area contributed by atoms with Crippen LogP contribution in [0.15, 0.2) is 5.57 Å². The van der Waals surface area contributed by atoms with Crippen molar-refractivity contribution in [2.24, 2.45) is 0 Å². The van der Waals surface area contributed by atoms with Crippen molar-refractivity contribution in [1.29, 1.82) is 0 Å². The van der Waals surface area contributed by atoms with Gasteiger partial charge in [-0.15, -0.1) is 0 Å². The first-order chi connectivity index (χ1) is 9.13. The molecule has 102 valence electrons. The number of hydrogen-bond donors (Lipinski definition) is 2. The Labute approximate surface area is 115 Å². The molecule has 2 heterocycles. The monoisotopic (exact) mass is 280 g/mol. The Morgan fingerprint density at radius 3 is 3.05 bits per heavy atom. The van der Waals surface area contributed by atoms with Crippen LogP contribution >= 0.6 is 11.3 Å². The number of thiophene rings is 1. The van der Waals surface area contributed by atoms with E-state index in [4.69, 9.17) is 4.74 Å². The van der Waals surface area contributed by atoms with Crippen LogP contribution in [0.4, 0.5) is 0 Å². The first-order valence-corrected chi connectivity index (χ1v) is 7.16. The summed E-state index contributed by atoms with van der Waals surface area (Å²) in [7, 11) is 1.93. The molecule has 1 aromatic rings. The fourth-order valence-electron chi connectivity index (χ4n) is 2.74. The van der Waals surface area contributed by atoms with E-state index in [1.165, 1.54) is 5.57 Å². The Morgan fingerprint density at radius 1 is 1.53 bits per heavy atom. The van der Waals surface area contributed by atoms with Crippen molar-refractivity contribution >= 4 is 23.0 Å². The van der Waals surface area contributed by atoms with Gasteiger partial charge in [-0.25, -0.2) is 10.2 Å². The quantitative estimate of drug-likeness (QED) is 0.808. The molecular weight excluding hydrogens is 264 g/mol. The van der Waals surface area contributed by atoms with E-state index in [0.29, 0.717) is 11.5 Å². The molecule has 0 radical (unpaired) electrons. The molecule has 0 unspecified atom stereocenters. The van der Waals surface area contributed by atoms with Gasteiger partial charge in [-0.3, -0.25) is 0 Å². The highest BCUT2D eigenvalue weighted by molar-refractivity contribution is 7.16. The van der Waals surface area contributed by atoms with Crippen LogP contribution in [0.1, 0.15) is 34.1 Å². The topological polar surface area (TPSA) is 61.8 Å². The van der Waals surface area contributed by atoms with E-state index in [1.807, 2.05) is 12.1 Å². The molecular formula is C13H16N2O3S. The number of nitrogens with one attached hydrogen (secondary N) is 1. The molecule has 2 N–H and O–H groups in total. The Kier molecular flexibility index (Phi) is 2.99. The highest BCUT2D eigenvalue weighted by Gasteiger charge is 2.34. The van der Waals surface area contributed by atoms with Crippen molar-refractivity contribution in [1.82, 2.24) is 10.4 Å². The van der Waals surface area contributed by atoms with Gasteiger partial charge in [0, 0.05) is 13.6 Å². The number of fused-ring (bicyclic) bond motifs is 2. The third-order valence-corrected chi connectivity index (χ3v) is 4.58. The molecule has 6 heteroatoms. The second kappa shape index (κ2) is 4.54. The Hall–Kier alpha value is -1.53. The number of rotatable bonds is 2. The maximum Gasteiger partial charge on any atom is 0.348 e. The Morgan fingerprint density at radius 2 is 2.32 bits per heavy atom. The molecule has 0 aromatic carbocycles. The first kappa shape index (κ1) is 12.5. The molecule has 1 aliphatic heterocycles. The highest BCUT2D eigenvalue weighted by atomic mass is 32.1. The average molecular weight is 280 g/mol. The van der Waals surface area contributed by atoms with Gasteiger partial charge in [0.1, 0.15) is 4.88 Å². The zero-order valence-electron chi connectivity index (χ0n) is 10.9. The number of nitrogens with zero attached hydrogens (tertiary/aromatic N) is 1. The van der Waals surface area contributed by atoms with Crippen molar-refractivity contribution < 1.29 is 14.6 Å². The molecule has 1 aliphatic carbocycles. The zero-order valence-corrected chi connectivity index (χ0v) is 11.8. The summed E-state index contributed by atoms with van der Waals surface area (Å²) >= 11 is 1.12. The van der Waals surface area contributed by atoms with Crippen molar-refractivity contribution in [2.75, 3.05) is 20.2 Å². The summed E-state index contributed by atoms with van der Waals surface area (Å²) in [6, 6.07) is 0. The second-order valence-electron chi connectivity index (χ2n) is 4.66. The standard InChI is InChI=1S/C13H16N2O3S/c1-3-18-12(16)11-8-5-4-7-6-14-15(2)10(7)9(8)13(17)19-11/h14,17H,3-6H2,1-2H3. The van der Waals surface area contributed by atoms with Crippen LogP contribution in [0.3, 0.4) is 0 Å². The first-order valence-electron chi connectivity index (χ1n) is 6.34. The van der Waals surface area contributed by atoms with Crippen LogP contribution in [-0.4, -0.2) is 36.3 Å². The van der Waals surface area contributed by atoms with Crippen LogP contribution < -0.4 is 5.43 Å². The van der Waals surface area contributed by atoms with E-state index in [0.717, 1.165) is 47.5 Å². The van der Waals surface area contributed by atoms with Crippen LogP contribution in [0.2, 0.25) is 0 Å². The summed E-state index contributed by atoms with van der Waals surface area (Å²) in [5, 5.41) is 12.3. The van der Waals surface area contributed by atoms with Gasteiger partial charge in [-0.05, 0) is 30.9 Å². The number of ether oxygens (including phenoxy) is 1. The minimum absolute atomic E-state index is 0.209. The third kappa shape index (κ3) is 1.82. The van der Waals surface area contributed by atoms with Crippen LogP contribution in [-0.2, 0) is 11.2 Å². The lowest BCUT2D eigenvalue weighted by Crippen LogP contribution is -2.26. The number of hydrazine groups is 1. The summed E-state index contributed by atoms with van der Waals surface area (Å²) in [5.41, 5.74) is 7.27. The van der Waals surface area contributed by atoms with Crippen LogP contribution in [0.5, 0.6) is 5.06 Å². The van der Waals surface area contributed by atoms with Crippen molar-refractivity contribution in [3.05, 3.63) is 21.6 Å². The van der Waals surface area contributed by atoms with Gasteiger partial charge in [0.25, 0.3) is 0 Å². The summed E-state index contributed by atoms with van der Waals surface area (Å²) in [4.78, 5) is 12.5. The van der Waals surface area contributed by atoms with E-state index < -0.39 is 0 Å². The van der Waals surface area contributed by atoms with Gasteiger partial charge in [0.05, 0.1) is 17.9 Å². The predicted octanol–water partition coefficient (Wildman–Crippen LogP) is 1.74. The molecule has 0 fully saturated rings. The lowest BCUT2D eigenvalue weighted by atomic mass is 9.91.